The van der Waals surface area contributed by atoms with Gasteiger partial charge >= 0.3 is 0 Å². The molecule has 1 aliphatic heterocycles. The summed E-state index contributed by atoms with van der Waals surface area (Å²) >= 11 is 0. The number of ether oxygens (including phenoxy) is 2. The van der Waals surface area contributed by atoms with E-state index >= 15 is 0 Å². The molecule has 1 fully saturated rings. The molecule has 1 amide bonds. The first-order valence-electron chi connectivity index (χ1n) is 8.71. The van der Waals surface area contributed by atoms with Crippen LogP contribution in [0, 0.1) is 0 Å². The lowest BCUT2D eigenvalue weighted by Gasteiger charge is -2.44. The van der Waals surface area contributed by atoms with Crippen molar-refractivity contribution in [3.05, 3.63) is 0 Å². The van der Waals surface area contributed by atoms with Crippen LogP contribution in [0.5, 0.6) is 0 Å². The van der Waals surface area contributed by atoms with Gasteiger partial charge in [0.15, 0.2) is 6.29 Å². The smallest absolute Gasteiger partial charge is 0.220 e. The minimum atomic E-state index is -1.67. The zero-order chi connectivity index (χ0) is 20.7. The zero-order valence-electron chi connectivity index (χ0n) is 15.1. The van der Waals surface area contributed by atoms with Gasteiger partial charge in [-0.2, -0.15) is 0 Å². The third-order valence-electron chi connectivity index (χ3n) is 4.46. The van der Waals surface area contributed by atoms with Crippen LogP contribution >= 0.6 is 0 Å². The molecule has 1 rings (SSSR count). The van der Waals surface area contributed by atoms with Crippen LogP contribution in [-0.4, -0.2) is 111 Å². The van der Waals surface area contributed by atoms with E-state index in [0.29, 0.717) is 0 Å². The van der Waals surface area contributed by atoms with Gasteiger partial charge in [0.05, 0.1) is 37.5 Å². The Kier molecular flexibility index (Phi) is 9.97. The van der Waals surface area contributed by atoms with Gasteiger partial charge in [-0.05, 0) is 0 Å². The van der Waals surface area contributed by atoms with Gasteiger partial charge in [0.25, 0.3) is 0 Å². The van der Waals surface area contributed by atoms with Crippen molar-refractivity contribution < 1.29 is 44.9 Å². The van der Waals surface area contributed by atoms with E-state index in [2.05, 4.69) is 5.32 Å². The SMILES string of the molecule is CCC(=O)N[C@H]1[C@H](O)[C@H](O)[C@@H](O[C@H]([C@H](N)[C@H](O)CO)[C@H](O)CN)O[C@H]1CO. The fourth-order valence-electron chi connectivity index (χ4n) is 2.73. The van der Waals surface area contributed by atoms with Gasteiger partial charge < -0.3 is 56.9 Å². The average molecular weight is 397 g/mol. The molecule has 1 saturated heterocycles. The molecule has 0 bridgehead atoms. The molecule has 9 atom stereocenters. The first kappa shape index (κ1) is 24.1. The Morgan fingerprint density at radius 2 is 1.85 bits per heavy atom. The Labute approximate surface area is 156 Å². The largest absolute Gasteiger partial charge is 0.394 e. The molecule has 0 saturated carbocycles. The fraction of sp³-hybridized carbons (Fsp3) is 0.933. The molecule has 0 spiro atoms. The third-order valence-corrected chi connectivity index (χ3v) is 4.46. The van der Waals surface area contributed by atoms with Crippen LogP contribution in [0.3, 0.4) is 0 Å². The van der Waals surface area contributed by atoms with Crippen LogP contribution < -0.4 is 16.8 Å². The van der Waals surface area contributed by atoms with E-state index in [1.165, 1.54) is 0 Å². The fourth-order valence-corrected chi connectivity index (χ4v) is 2.73. The molecule has 0 aromatic carbocycles. The summed E-state index contributed by atoms with van der Waals surface area (Å²) in [6.07, 6.45) is -9.94. The Balaban J connectivity index is 2.96. The molecular weight excluding hydrogens is 366 g/mol. The van der Waals surface area contributed by atoms with Gasteiger partial charge in [-0.1, -0.05) is 6.92 Å². The van der Waals surface area contributed by atoms with E-state index < -0.39 is 74.1 Å². The highest BCUT2D eigenvalue weighted by molar-refractivity contribution is 5.76. The maximum Gasteiger partial charge on any atom is 0.220 e. The monoisotopic (exact) mass is 397 g/mol. The molecule has 0 radical (unpaired) electrons. The number of nitrogens with two attached hydrogens (primary N) is 2. The van der Waals surface area contributed by atoms with E-state index in [1.54, 1.807) is 6.92 Å². The molecule has 27 heavy (non-hydrogen) atoms. The molecule has 12 nitrogen and oxygen atoms in total. The minimum Gasteiger partial charge on any atom is -0.394 e. The standard InChI is InChI=1S/C15H31N3O9/c1-2-9(23)18-11-8(5-20)26-15(13(25)12(11)24)27-14(6(21)3-16)10(17)7(22)4-19/h6-8,10-15,19-22,24-25H,2-5,16-17H2,1H3,(H,18,23)/t6-,7-,8+,10-,11-,12+,13+,14+,15-/m1/s1. The van der Waals surface area contributed by atoms with Crippen LogP contribution in [-0.2, 0) is 14.3 Å². The van der Waals surface area contributed by atoms with Crippen molar-refractivity contribution in [1.82, 2.24) is 5.32 Å². The molecule has 0 aromatic rings. The van der Waals surface area contributed by atoms with Gasteiger partial charge in [-0.15, -0.1) is 0 Å². The van der Waals surface area contributed by atoms with E-state index in [4.69, 9.17) is 26.0 Å². The summed E-state index contributed by atoms with van der Waals surface area (Å²) < 4.78 is 10.9. The second kappa shape index (κ2) is 11.2. The van der Waals surface area contributed by atoms with Crippen molar-refractivity contribution in [3.63, 3.8) is 0 Å². The molecule has 11 N–H and O–H groups in total. The number of aliphatic hydroxyl groups is 6. The van der Waals surface area contributed by atoms with Crippen molar-refractivity contribution in [2.45, 2.75) is 68.3 Å². The molecule has 0 aromatic heterocycles. The lowest BCUT2D eigenvalue weighted by Crippen LogP contribution is -2.66. The number of hydrogen-bond acceptors (Lipinski definition) is 11. The van der Waals surface area contributed by atoms with Crippen LogP contribution in [0.1, 0.15) is 13.3 Å². The van der Waals surface area contributed by atoms with E-state index in [-0.39, 0.29) is 13.0 Å². The van der Waals surface area contributed by atoms with Crippen molar-refractivity contribution in [3.8, 4) is 0 Å². The summed E-state index contributed by atoms with van der Waals surface area (Å²) in [6, 6.07) is -2.38. The number of aliphatic hydroxyl groups excluding tert-OH is 6. The zero-order valence-corrected chi connectivity index (χ0v) is 15.1. The topological polar surface area (TPSA) is 221 Å². The second-order valence-electron chi connectivity index (χ2n) is 6.38. The highest BCUT2D eigenvalue weighted by Crippen LogP contribution is 2.24. The normalized spacial score (nSPS) is 33.1. The van der Waals surface area contributed by atoms with Gasteiger partial charge in [-0.25, -0.2) is 0 Å². The lowest BCUT2D eigenvalue weighted by atomic mass is 9.95. The van der Waals surface area contributed by atoms with E-state index in [9.17, 15) is 30.3 Å². The van der Waals surface area contributed by atoms with Gasteiger partial charge in [0.2, 0.25) is 5.91 Å². The molecule has 0 aliphatic carbocycles. The van der Waals surface area contributed by atoms with Crippen molar-refractivity contribution in [2.75, 3.05) is 19.8 Å². The number of carbonyl (C=O) groups is 1. The minimum absolute atomic E-state index is 0.121. The highest BCUT2D eigenvalue weighted by Gasteiger charge is 2.47. The van der Waals surface area contributed by atoms with Gasteiger partial charge in [0.1, 0.15) is 24.4 Å². The molecule has 1 aliphatic rings. The Morgan fingerprint density at radius 3 is 2.33 bits per heavy atom. The number of rotatable bonds is 10. The predicted octanol–water partition coefficient (Wildman–Crippen LogP) is -5.29. The summed E-state index contributed by atoms with van der Waals surface area (Å²) in [5.41, 5.74) is 11.2. The lowest BCUT2D eigenvalue weighted by molar-refractivity contribution is -0.302. The number of nitrogens with one attached hydrogen (secondary N) is 1. The molecule has 12 heteroatoms. The molecular formula is C15H31N3O9. The number of amides is 1. The van der Waals surface area contributed by atoms with Gasteiger partial charge in [0, 0.05) is 13.0 Å². The Morgan fingerprint density at radius 1 is 1.22 bits per heavy atom. The van der Waals surface area contributed by atoms with Crippen molar-refractivity contribution in [1.29, 1.82) is 0 Å². The van der Waals surface area contributed by atoms with Crippen molar-refractivity contribution >= 4 is 5.91 Å². The highest BCUT2D eigenvalue weighted by atomic mass is 16.7. The molecule has 160 valence electrons. The second-order valence-corrected chi connectivity index (χ2v) is 6.38. The number of carbonyl (C=O) groups excluding carboxylic acids is 1. The maximum atomic E-state index is 11.6. The Hall–Kier alpha value is -0.930. The van der Waals surface area contributed by atoms with E-state index in [1.807, 2.05) is 0 Å². The number of hydrogen-bond donors (Lipinski definition) is 9. The summed E-state index contributed by atoms with van der Waals surface area (Å²) in [4.78, 5) is 11.6. The summed E-state index contributed by atoms with van der Waals surface area (Å²) in [6.45, 7) is -0.0258. The maximum absolute atomic E-state index is 11.6. The van der Waals surface area contributed by atoms with Crippen LogP contribution in [0.25, 0.3) is 0 Å². The summed E-state index contributed by atoms with van der Waals surface area (Å²) in [5.74, 6) is -0.419. The first-order valence-corrected chi connectivity index (χ1v) is 8.71. The third kappa shape index (κ3) is 6.02. The van der Waals surface area contributed by atoms with Crippen LogP contribution in [0.4, 0.5) is 0 Å². The average Bonchev–Trinajstić information content (AvgIpc) is 2.68. The molecule has 1 heterocycles. The van der Waals surface area contributed by atoms with E-state index in [0.717, 1.165) is 0 Å². The van der Waals surface area contributed by atoms with Crippen molar-refractivity contribution in [2.24, 2.45) is 11.5 Å². The molecule has 0 unspecified atom stereocenters. The first-order chi connectivity index (χ1) is 12.7. The summed E-state index contributed by atoms with van der Waals surface area (Å²) in [7, 11) is 0. The van der Waals surface area contributed by atoms with Gasteiger partial charge in [-0.3, -0.25) is 4.79 Å². The Bertz CT molecular complexity index is 456. The quantitative estimate of drug-likeness (QED) is 0.169. The predicted molar refractivity (Wildman–Crippen MR) is 91.0 cm³/mol. The summed E-state index contributed by atoms with van der Waals surface area (Å²) in [5, 5.41) is 61.3. The van der Waals surface area contributed by atoms with Crippen LogP contribution in [0.15, 0.2) is 0 Å². The van der Waals surface area contributed by atoms with Crippen LogP contribution in [0.2, 0.25) is 0 Å².